The molecule has 16 heavy (non-hydrogen) atoms. The predicted octanol–water partition coefficient (Wildman–Crippen LogP) is 3.56. The fraction of sp³-hybridized carbons (Fsp3) is 0.455. The molecule has 0 aromatic heterocycles. The summed E-state index contributed by atoms with van der Waals surface area (Å²) in [7, 11) is 1.55. The number of rotatable bonds is 5. The summed E-state index contributed by atoms with van der Waals surface area (Å²) < 4.78 is 32.3. The van der Waals surface area contributed by atoms with Crippen LogP contribution >= 0.6 is 15.9 Å². The van der Waals surface area contributed by atoms with Gasteiger partial charge >= 0.3 is 0 Å². The summed E-state index contributed by atoms with van der Waals surface area (Å²) in [5, 5.41) is 2.80. The standard InChI is InChI=1S/C11H14BrF2NO/c1-3-8(6-16-2)15-11-9(13)4-7(12)5-10(11)14/h4-5,8,15H,3,6H2,1-2H3. The van der Waals surface area contributed by atoms with Crippen LogP contribution in [0.15, 0.2) is 16.6 Å². The number of hydrogen-bond donors (Lipinski definition) is 1. The molecule has 5 heteroatoms. The lowest BCUT2D eigenvalue weighted by Crippen LogP contribution is -2.25. The molecule has 0 heterocycles. The highest BCUT2D eigenvalue weighted by Crippen LogP contribution is 2.24. The van der Waals surface area contributed by atoms with Gasteiger partial charge in [0, 0.05) is 17.6 Å². The van der Waals surface area contributed by atoms with Crippen molar-refractivity contribution in [3.8, 4) is 0 Å². The topological polar surface area (TPSA) is 21.3 Å². The molecule has 0 radical (unpaired) electrons. The van der Waals surface area contributed by atoms with Crippen LogP contribution in [0.2, 0.25) is 0 Å². The molecule has 1 unspecified atom stereocenters. The lowest BCUT2D eigenvalue weighted by Gasteiger charge is -2.18. The average molecular weight is 294 g/mol. The molecule has 0 saturated heterocycles. The molecule has 90 valence electrons. The van der Waals surface area contributed by atoms with Crippen molar-refractivity contribution in [2.24, 2.45) is 0 Å². The Morgan fingerprint density at radius 1 is 1.38 bits per heavy atom. The molecule has 2 nitrogen and oxygen atoms in total. The summed E-state index contributed by atoms with van der Waals surface area (Å²) in [5.41, 5.74) is -0.105. The van der Waals surface area contributed by atoms with Gasteiger partial charge in [-0.3, -0.25) is 0 Å². The SMILES string of the molecule is CCC(COC)Nc1c(F)cc(Br)cc1F. The first-order chi connectivity index (χ1) is 7.58. The first-order valence-corrected chi connectivity index (χ1v) is 5.77. The Bertz CT molecular complexity index is 337. The van der Waals surface area contributed by atoms with Crippen LogP contribution in [0.3, 0.4) is 0 Å². The Hall–Kier alpha value is -0.680. The van der Waals surface area contributed by atoms with E-state index in [1.165, 1.54) is 12.1 Å². The summed E-state index contributed by atoms with van der Waals surface area (Å²) in [5.74, 6) is -1.22. The maximum atomic E-state index is 13.5. The van der Waals surface area contributed by atoms with Crippen molar-refractivity contribution in [3.63, 3.8) is 0 Å². The van der Waals surface area contributed by atoms with Gasteiger partial charge < -0.3 is 10.1 Å². The van der Waals surface area contributed by atoms with E-state index in [0.29, 0.717) is 11.1 Å². The molecular weight excluding hydrogens is 280 g/mol. The van der Waals surface area contributed by atoms with Crippen molar-refractivity contribution in [1.29, 1.82) is 0 Å². The third-order valence-electron chi connectivity index (χ3n) is 2.22. The Labute approximate surface area is 102 Å². The van der Waals surface area contributed by atoms with Gasteiger partial charge in [-0.1, -0.05) is 22.9 Å². The first-order valence-electron chi connectivity index (χ1n) is 4.98. The minimum Gasteiger partial charge on any atom is -0.383 e. The second-order valence-corrected chi connectivity index (χ2v) is 4.36. The third kappa shape index (κ3) is 3.42. The van der Waals surface area contributed by atoms with Crippen LogP contribution < -0.4 is 5.32 Å². The number of hydrogen-bond acceptors (Lipinski definition) is 2. The summed E-state index contributed by atoms with van der Waals surface area (Å²) in [6.07, 6.45) is 0.725. The normalized spacial score (nSPS) is 12.6. The van der Waals surface area contributed by atoms with E-state index in [1.807, 2.05) is 6.92 Å². The van der Waals surface area contributed by atoms with Crippen molar-refractivity contribution >= 4 is 21.6 Å². The lowest BCUT2D eigenvalue weighted by atomic mass is 10.2. The number of methoxy groups -OCH3 is 1. The average Bonchev–Trinajstić information content (AvgIpc) is 2.21. The van der Waals surface area contributed by atoms with Gasteiger partial charge in [-0.05, 0) is 18.6 Å². The van der Waals surface area contributed by atoms with Crippen molar-refractivity contribution in [2.75, 3.05) is 19.0 Å². The van der Waals surface area contributed by atoms with Crippen molar-refractivity contribution in [3.05, 3.63) is 28.2 Å². The molecule has 1 rings (SSSR count). The van der Waals surface area contributed by atoms with Crippen LogP contribution in [-0.2, 0) is 4.74 Å². The smallest absolute Gasteiger partial charge is 0.150 e. The van der Waals surface area contributed by atoms with E-state index in [2.05, 4.69) is 21.2 Å². The van der Waals surface area contributed by atoms with Gasteiger partial charge in [-0.2, -0.15) is 0 Å². The third-order valence-corrected chi connectivity index (χ3v) is 2.67. The second-order valence-electron chi connectivity index (χ2n) is 3.45. The molecule has 1 atom stereocenters. The quantitative estimate of drug-likeness (QED) is 0.896. The number of nitrogens with one attached hydrogen (secondary N) is 1. The van der Waals surface area contributed by atoms with E-state index >= 15 is 0 Å². The molecule has 0 aliphatic rings. The zero-order chi connectivity index (χ0) is 12.1. The van der Waals surface area contributed by atoms with Gasteiger partial charge in [0.2, 0.25) is 0 Å². The van der Waals surface area contributed by atoms with Crippen molar-refractivity contribution in [2.45, 2.75) is 19.4 Å². The highest BCUT2D eigenvalue weighted by molar-refractivity contribution is 9.10. The van der Waals surface area contributed by atoms with Crippen LogP contribution in [0.1, 0.15) is 13.3 Å². The largest absolute Gasteiger partial charge is 0.383 e. The van der Waals surface area contributed by atoms with Gasteiger partial charge in [0.1, 0.15) is 17.3 Å². The Morgan fingerprint density at radius 2 is 1.94 bits per heavy atom. The number of benzene rings is 1. The molecule has 0 bridgehead atoms. The Morgan fingerprint density at radius 3 is 2.38 bits per heavy atom. The number of anilines is 1. The van der Waals surface area contributed by atoms with Gasteiger partial charge in [0.15, 0.2) is 0 Å². The number of halogens is 3. The summed E-state index contributed by atoms with van der Waals surface area (Å²) in [4.78, 5) is 0. The van der Waals surface area contributed by atoms with Crippen LogP contribution in [0.5, 0.6) is 0 Å². The van der Waals surface area contributed by atoms with Crippen LogP contribution in [0, 0.1) is 11.6 Å². The Balaban J connectivity index is 2.87. The van der Waals surface area contributed by atoms with Crippen molar-refractivity contribution < 1.29 is 13.5 Å². The lowest BCUT2D eigenvalue weighted by molar-refractivity contribution is 0.184. The molecular formula is C11H14BrF2NO. The first kappa shape index (κ1) is 13.4. The van der Waals surface area contributed by atoms with Gasteiger partial charge in [-0.25, -0.2) is 8.78 Å². The summed E-state index contributed by atoms with van der Waals surface area (Å²) >= 11 is 3.03. The fourth-order valence-corrected chi connectivity index (χ4v) is 1.75. The van der Waals surface area contributed by atoms with Crippen molar-refractivity contribution in [1.82, 2.24) is 0 Å². The van der Waals surface area contributed by atoms with E-state index in [0.717, 1.165) is 6.42 Å². The van der Waals surface area contributed by atoms with E-state index in [-0.39, 0.29) is 11.7 Å². The second kappa shape index (κ2) is 6.15. The molecule has 1 aromatic rings. The molecule has 1 aromatic carbocycles. The molecule has 0 aliphatic heterocycles. The molecule has 0 amide bonds. The van der Waals surface area contributed by atoms with Gasteiger partial charge in [0.25, 0.3) is 0 Å². The van der Waals surface area contributed by atoms with E-state index < -0.39 is 11.6 Å². The molecule has 0 saturated carbocycles. The number of ether oxygens (including phenoxy) is 1. The van der Waals surface area contributed by atoms with E-state index in [4.69, 9.17) is 4.74 Å². The van der Waals surface area contributed by atoms with Crippen LogP contribution in [0.25, 0.3) is 0 Å². The maximum absolute atomic E-state index is 13.5. The van der Waals surface area contributed by atoms with Crippen LogP contribution in [0.4, 0.5) is 14.5 Å². The molecule has 0 fully saturated rings. The summed E-state index contributed by atoms with van der Waals surface area (Å²) in [6, 6.07) is 2.35. The highest BCUT2D eigenvalue weighted by atomic mass is 79.9. The highest BCUT2D eigenvalue weighted by Gasteiger charge is 2.14. The van der Waals surface area contributed by atoms with E-state index in [1.54, 1.807) is 7.11 Å². The zero-order valence-corrected chi connectivity index (χ0v) is 10.8. The van der Waals surface area contributed by atoms with Gasteiger partial charge in [-0.15, -0.1) is 0 Å². The molecule has 1 N–H and O–H groups in total. The Kier molecular flexibility index (Phi) is 5.15. The summed E-state index contributed by atoms with van der Waals surface area (Å²) in [6.45, 7) is 2.33. The molecule has 0 aliphatic carbocycles. The molecule has 0 spiro atoms. The predicted molar refractivity (Wildman–Crippen MR) is 63.6 cm³/mol. The van der Waals surface area contributed by atoms with Gasteiger partial charge in [0.05, 0.1) is 6.61 Å². The van der Waals surface area contributed by atoms with Crippen LogP contribution in [-0.4, -0.2) is 19.8 Å². The fourth-order valence-electron chi connectivity index (χ4n) is 1.35. The minimum atomic E-state index is -0.610. The maximum Gasteiger partial charge on any atom is 0.150 e. The zero-order valence-electron chi connectivity index (χ0n) is 9.19. The minimum absolute atomic E-state index is 0.102. The van der Waals surface area contributed by atoms with E-state index in [9.17, 15) is 8.78 Å². The monoisotopic (exact) mass is 293 g/mol.